The Balaban J connectivity index is 1.28. The molecule has 4 nitrogen and oxygen atoms in total. The van der Waals surface area contributed by atoms with Gasteiger partial charge < -0.3 is 19.7 Å². The minimum atomic E-state index is -0.524. The van der Waals surface area contributed by atoms with E-state index < -0.39 is 7.32 Å². The Morgan fingerprint density at radius 2 is 1.71 bits per heavy atom. The van der Waals surface area contributed by atoms with E-state index in [-0.39, 0.29) is 23.9 Å². The Labute approximate surface area is 146 Å². The van der Waals surface area contributed by atoms with Crippen molar-refractivity contribution in [2.75, 3.05) is 0 Å². The van der Waals surface area contributed by atoms with Gasteiger partial charge in [-0.15, -0.1) is 0 Å². The van der Waals surface area contributed by atoms with Gasteiger partial charge in [-0.25, -0.2) is 0 Å². The summed E-state index contributed by atoms with van der Waals surface area (Å²) in [6.07, 6.45) is 4.78. The molecule has 1 heterocycles. The molecule has 1 saturated heterocycles. The Bertz CT molecular complexity index is 567. The van der Waals surface area contributed by atoms with Crippen LogP contribution in [0.1, 0.15) is 60.3 Å². The van der Waals surface area contributed by atoms with E-state index in [0.717, 1.165) is 37.0 Å². The molecule has 0 aromatic rings. The van der Waals surface area contributed by atoms with Gasteiger partial charge in [-0.2, -0.15) is 0 Å². The lowest BCUT2D eigenvalue weighted by atomic mass is 9.47. The molecule has 0 spiro atoms. The van der Waals surface area contributed by atoms with Crippen LogP contribution < -0.4 is 5.73 Å². The first-order valence-corrected chi connectivity index (χ1v) is 9.87. The van der Waals surface area contributed by atoms with Crippen molar-refractivity contribution in [2.45, 2.75) is 84.2 Å². The van der Waals surface area contributed by atoms with E-state index in [0.29, 0.717) is 16.7 Å². The molecule has 5 heteroatoms. The minimum Gasteiger partial charge on any atom is -0.381 e. The van der Waals surface area contributed by atoms with Gasteiger partial charge in [0.25, 0.3) is 0 Å². The lowest BCUT2D eigenvalue weighted by Crippen LogP contribution is -2.64. The molecule has 0 unspecified atom stereocenters. The number of nitrogens with two attached hydrogens (primary N) is 1. The second-order valence-electron chi connectivity index (χ2n) is 10.7. The molecule has 6 rings (SSSR count). The Kier molecular flexibility index (Phi) is 3.08. The highest BCUT2D eigenvalue weighted by atomic mass is 16.8. The van der Waals surface area contributed by atoms with Gasteiger partial charge in [0, 0.05) is 6.04 Å². The highest BCUT2D eigenvalue weighted by Gasteiger charge is 2.68. The highest BCUT2D eigenvalue weighted by Crippen LogP contribution is 2.68. The van der Waals surface area contributed by atoms with Crippen LogP contribution in [-0.2, 0) is 14.0 Å². The number of fused-ring (bicyclic) bond motifs is 4. The third-order valence-electron chi connectivity index (χ3n) is 8.89. The van der Waals surface area contributed by atoms with Crippen LogP contribution in [0.15, 0.2) is 0 Å². The third kappa shape index (κ3) is 1.96. The van der Waals surface area contributed by atoms with Gasteiger partial charge in [0.2, 0.25) is 0 Å². The molecule has 2 N–H and O–H groups in total. The maximum Gasteiger partial charge on any atom is 0.640 e. The average Bonchev–Trinajstić information content (AvgIpc) is 2.86. The predicted octanol–water partition coefficient (Wildman–Crippen LogP) is 2.99. The van der Waals surface area contributed by atoms with Crippen LogP contribution in [-0.4, -0.2) is 31.2 Å². The molecule has 6 aliphatic rings. The molecule has 24 heavy (non-hydrogen) atoms. The van der Waals surface area contributed by atoms with Crippen LogP contribution in [0, 0.1) is 34.5 Å². The van der Waals surface area contributed by atoms with E-state index in [2.05, 4.69) is 34.6 Å². The van der Waals surface area contributed by atoms with Crippen LogP contribution in [0.5, 0.6) is 0 Å². The van der Waals surface area contributed by atoms with Crippen LogP contribution in [0.25, 0.3) is 0 Å². The number of rotatable bonds is 2. The fourth-order valence-corrected chi connectivity index (χ4v) is 6.64. The van der Waals surface area contributed by atoms with Crippen molar-refractivity contribution in [1.82, 2.24) is 0 Å². The van der Waals surface area contributed by atoms with E-state index in [9.17, 15) is 0 Å². The zero-order valence-electron chi connectivity index (χ0n) is 15.7. The number of hydrogen-bond donors (Lipinski definition) is 1. The summed E-state index contributed by atoms with van der Waals surface area (Å²) in [5.74, 6) is 2.88. The largest absolute Gasteiger partial charge is 0.640 e. The quantitative estimate of drug-likeness (QED) is 0.790. The molecule has 0 aromatic heterocycles. The summed E-state index contributed by atoms with van der Waals surface area (Å²) in [5.41, 5.74) is 7.04. The number of hydrogen-bond acceptors (Lipinski definition) is 4. The Morgan fingerprint density at radius 1 is 0.958 bits per heavy atom. The van der Waals surface area contributed by atoms with E-state index in [1.807, 2.05) is 0 Å². The molecule has 0 amide bonds. The summed E-state index contributed by atoms with van der Waals surface area (Å²) in [5, 5.41) is 0. The summed E-state index contributed by atoms with van der Waals surface area (Å²) < 4.78 is 18.9. The van der Waals surface area contributed by atoms with Crippen molar-refractivity contribution in [2.24, 2.45) is 40.2 Å². The van der Waals surface area contributed by atoms with Gasteiger partial charge in [0.15, 0.2) is 0 Å². The topological polar surface area (TPSA) is 53.7 Å². The molecular weight excluding hydrogens is 301 g/mol. The first-order chi connectivity index (χ1) is 11.1. The van der Waals surface area contributed by atoms with Crippen LogP contribution in [0.2, 0.25) is 0 Å². The predicted molar refractivity (Wildman–Crippen MR) is 93.0 cm³/mol. The molecule has 2 bridgehead atoms. The van der Waals surface area contributed by atoms with Gasteiger partial charge in [0.1, 0.15) is 0 Å². The fourth-order valence-electron chi connectivity index (χ4n) is 6.64. The van der Waals surface area contributed by atoms with Gasteiger partial charge in [-0.1, -0.05) is 27.7 Å². The van der Waals surface area contributed by atoms with E-state index in [1.54, 1.807) is 0 Å². The molecule has 6 fully saturated rings. The molecule has 5 saturated carbocycles. The molecule has 1 aliphatic heterocycles. The fraction of sp³-hybridized carbons (Fsp3) is 1.00. The second kappa shape index (κ2) is 4.60. The van der Waals surface area contributed by atoms with Crippen molar-refractivity contribution >= 4 is 7.32 Å². The van der Waals surface area contributed by atoms with E-state index >= 15 is 0 Å². The first-order valence-electron chi connectivity index (χ1n) is 9.87. The maximum absolute atomic E-state index is 6.41. The summed E-state index contributed by atoms with van der Waals surface area (Å²) in [6, 6.07) is 0.122. The summed E-state index contributed by atoms with van der Waals surface area (Å²) in [4.78, 5) is 0. The van der Waals surface area contributed by atoms with Gasteiger partial charge in [0.05, 0.1) is 17.8 Å². The first kappa shape index (κ1) is 16.1. The molecule has 8 atom stereocenters. The second-order valence-corrected chi connectivity index (χ2v) is 10.7. The summed E-state index contributed by atoms with van der Waals surface area (Å²) in [6.45, 7) is 11.7. The monoisotopic (exact) mass is 333 g/mol. The zero-order chi connectivity index (χ0) is 17.1. The molecule has 0 aromatic carbocycles. The SMILES string of the molecule is CC1(C)[C@H]2C[C@@H](N)[C@@H](OB3O[C@@H]4C[C@@H]5[C@H](C[C@]4(C)O3)C5(C)C)[C@@H]1C2. The molecule has 5 aliphatic carbocycles. The summed E-state index contributed by atoms with van der Waals surface area (Å²) in [7, 11) is -0.524. The van der Waals surface area contributed by atoms with E-state index in [4.69, 9.17) is 19.7 Å². The van der Waals surface area contributed by atoms with Crippen LogP contribution >= 0.6 is 0 Å². The van der Waals surface area contributed by atoms with E-state index in [1.165, 1.54) is 6.42 Å². The minimum absolute atomic E-state index is 0.0738. The standard InChI is InChI=1S/C19H32BNO3/c1-17(2)10-6-12(17)16(14(21)7-10)23-20-22-15-8-11-13(18(11,3)4)9-19(15,5)24-20/h10-16H,6-9,21H2,1-5H3/t10-,11-,12+,13+,14-,15-,16+,19+/m1/s1. The lowest BCUT2D eigenvalue weighted by Gasteiger charge is -2.61. The van der Waals surface area contributed by atoms with Crippen LogP contribution in [0.3, 0.4) is 0 Å². The van der Waals surface area contributed by atoms with Crippen molar-refractivity contribution in [3.63, 3.8) is 0 Å². The van der Waals surface area contributed by atoms with Gasteiger partial charge in [-0.05, 0) is 67.1 Å². The molecule has 0 radical (unpaired) electrons. The van der Waals surface area contributed by atoms with Crippen LogP contribution in [0.4, 0.5) is 0 Å². The highest BCUT2D eigenvalue weighted by molar-refractivity contribution is 6.37. The lowest BCUT2D eigenvalue weighted by molar-refractivity contribution is -0.150. The van der Waals surface area contributed by atoms with Crippen molar-refractivity contribution in [3.05, 3.63) is 0 Å². The van der Waals surface area contributed by atoms with Crippen molar-refractivity contribution in [3.8, 4) is 0 Å². The third-order valence-corrected chi connectivity index (χ3v) is 8.89. The Hall–Kier alpha value is -0.0951. The average molecular weight is 333 g/mol. The summed E-state index contributed by atoms with van der Waals surface area (Å²) >= 11 is 0. The molecule has 134 valence electrons. The smallest absolute Gasteiger partial charge is 0.381 e. The van der Waals surface area contributed by atoms with Crippen molar-refractivity contribution < 1.29 is 14.0 Å². The van der Waals surface area contributed by atoms with Gasteiger partial charge in [-0.3, -0.25) is 0 Å². The molecular formula is C19H32BNO3. The van der Waals surface area contributed by atoms with Crippen molar-refractivity contribution in [1.29, 1.82) is 0 Å². The van der Waals surface area contributed by atoms with Gasteiger partial charge >= 0.3 is 7.32 Å². The zero-order valence-corrected chi connectivity index (χ0v) is 15.7. The maximum atomic E-state index is 6.41. The Morgan fingerprint density at radius 3 is 2.42 bits per heavy atom. The normalized spacial score (nSPS) is 56.2.